The van der Waals surface area contributed by atoms with Crippen molar-refractivity contribution in [2.24, 2.45) is 0 Å². The molecule has 1 aromatic rings. The van der Waals surface area contributed by atoms with Crippen LogP contribution in [0.3, 0.4) is 0 Å². The van der Waals surface area contributed by atoms with Crippen molar-refractivity contribution >= 4 is 17.3 Å². The SMILES string of the molecule is Nc1[c]nc(Cl)c(F)c1. The minimum atomic E-state index is -0.618. The Balaban J connectivity index is 3.17. The predicted octanol–water partition coefficient (Wildman–Crippen LogP) is 1.26. The standard InChI is InChI=1S/C5H3ClFN2/c6-5-4(7)1-3(8)2-9-5/h1H,8H2. The first-order valence-corrected chi connectivity index (χ1v) is 2.57. The lowest BCUT2D eigenvalue weighted by Gasteiger charge is -1.91. The van der Waals surface area contributed by atoms with Crippen molar-refractivity contribution in [2.75, 3.05) is 5.73 Å². The average Bonchev–Trinajstić information content (AvgIpc) is 1.80. The van der Waals surface area contributed by atoms with Crippen LogP contribution in [-0.4, -0.2) is 4.98 Å². The van der Waals surface area contributed by atoms with Gasteiger partial charge < -0.3 is 5.73 Å². The van der Waals surface area contributed by atoms with Crippen LogP contribution in [0.1, 0.15) is 0 Å². The van der Waals surface area contributed by atoms with E-state index in [0.717, 1.165) is 6.07 Å². The summed E-state index contributed by atoms with van der Waals surface area (Å²) in [6, 6.07) is 1.06. The molecule has 0 aliphatic heterocycles. The van der Waals surface area contributed by atoms with Crippen LogP contribution in [0.2, 0.25) is 5.15 Å². The van der Waals surface area contributed by atoms with Gasteiger partial charge in [0.1, 0.15) is 6.20 Å². The Morgan fingerprint density at radius 1 is 1.78 bits per heavy atom. The third kappa shape index (κ3) is 1.29. The second-order valence-electron chi connectivity index (χ2n) is 1.46. The van der Waals surface area contributed by atoms with E-state index in [9.17, 15) is 4.39 Å². The second kappa shape index (κ2) is 2.19. The Hall–Kier alpha value is -0.830. The van der Waals surface area contributed by atoms with E-state index in [-0.39, 0.29) is 10.8 Å². The van der Waals surface area contributed by atoms with E-state index in [2.05, 4.69) is 11.2 Å². The fourth-order valence-electron chi connectivity index (χ4n) is 0.395. The maximum absolute atomic E-state index is 12.3. The number of nitrogens with zero attached hydrogens (tertiary/aromatic N) is 1. The van der Waals surface area contributed by atoms with E-state index in [1.807, 2.05) is 0 Å². The quantitative estimate of drug-likeness (QED) is 0.558. The average molecular weight is 146 g/mol. The molecule has 1 heterocycles. The van der Waals surface area contributed by atoms with E-state index in [4.69, 9.17) is 17.3 Å². The molecule has 0 saturated carbocycles. The van der Waals surface area contributed by atoms with Crippen molar-refractivity contribution in [3.63, 3.8) is 0 Å². The Bertz CT molecular complexity index is 226. The van der Waals surface area contributed by atoms with Crippen molar-refractivity contribution in [1.82, 2.24) is 4.98 Å². The van der Waals surface area contributed by atoms with Crippen molar-refractivity contribution in [3.05, 3.63) is 23.2 Å². The van der Waals surface area contributed by atoms with Gasteiger partial charge in [0.15, 0.2) is 11.0 Å². The monoisotopic (exact) mass is 145 g/mol. The van der Waals surface area contributed by atoms with Crippen molar-refractivity contribution in [2.45, 2.75) is 0 Å². The smallest absolute Gasteiger partial charge is 0.165 e. The van der Waals surface area contributed by atoms with Gasteiger partial charge in [0, 0.05) is 6.07 Å². The third-order valence-electron chi connectivity index (χ3n) is 0.762. The van der Waals surface area contributed by atoms with E-state index in [0.29, 0.717) is 0 Å². The molecule has 1 rings (SSSR count). The van der Waals surface area contributed by atoms with Crippen LogP contribution in [0.5, 0.6) is 0 Å². The molecule has 0 amide bonds. The summed E-state index contributed by atoms with van der Waals surface area (Å²) >= 11 is 5.21. The number of halogens is 2. The normalized spacial score (nSPS) is 9.56. The zero-order chi connectivity index (χ0) is 6.85. The summed E-state index contributed by atoms with van der Waals surface area (Å²) in [7, 11) is 0. The first-order valence-electron chi connectivity index (χ1n) is 2.19. The summed E-state index contributed by atoms with van der Waals surface area (Å²) in [6.07, 6.45) is 2.30. The summed E-state index contributed by atoms with van der Waals surface area (Å²) in [5.41, 5.74) is 5.26. The molecule has 4 heteroatoms. The number of aromatic nitrogens is 1. The van der Waals surface area contributed by atoms with Crippen molar-refractivity contribution in [1.29, 1.82) is 0 Å². The second-order valence-corrected chi connectivity index (χ2v) is 1.82. The maximum atomic E-state index is 12.3. The Labute approximate surface area is 56.5 Å². The molecule has 2 nitrogen and oxygen atoms in total. The van der Waals surface area contributed by atoms with Crippen LogP contribution in [-0.2, 0) is 0 Å². The van der Waals surface area contributed by atoms with Crippen LogP contribution in [0.4, 0.5) is 10.1 Å². The molecule has 0 saturated heterocycles. The van der Waals surface area contributed by atoms with Gasteiger partial charge in [0.25, 0.3) is 0 Å². The van der Waals surface area contributed by atoms with Gasteiger partial charge >= 0.3 is 0 Å². The van der Waals surface area contributed by atoms with E-state index in [1.165, 1.54) is 0 Å². The first kappa shape index (κ1) is 6.29. The molecule has 0 unspecified atom stereocenters. The highest BCUT2D eigenvalue weighted by Gasteiger charge is 1.98. The molecule has 1 aromatic heterocycles. The Kier molecular flexibility index (Phi) is 1.53. The highest BCUT2D eigenvalue weighted by Crippen LogP contribution is 2.11. The molecule has 9 heavy (non-hydrogen) atoms. The van der Waals surface area contributed by atoms with Gasteiger partial charge in [-0.05, 0) is 0 Å². The lowest BCUT2D eigenvalue weighted by Crippen LogP contribution is -1.89. The van der Waals surface area contributed by atoms with Crippen LogP contribution in [0.25, 0.3) is 0 Å². The van der Waals surface area contributed by atoms with Gasteiger partial charge in [0.2, 0.25) is 0 Å². The van der Waals surface area contributed by atoms with E-state index >= 15 is 0 Å². The van der Waals surface area contributed by atoms with Crippen molar-refractivity contribution in [3.8, 4) is 0 Å². The number of hydrogen-bond donors (Lipinski definition) is 1. The van der Waals surface area contributed by atoms with Gasteiger partial charge in [-0.1, -0.05) is 11.6 Å². The zero-order valence-electron chi connectivity index (χ0n) is 4.36. The third-order valence-corrected chi connectivity index (χ3v) is 1.03. The number of hydrogen-bond acceptors (Lipinski definition) is 2. The molecular weight excluding hydrogens is 143 g/mol. The van der Waals surface area contributed by atoms with Gasteiger partial charge in [0.05, 0.1) is 5.69 Å². The van der Waals surface area contributed by atoms with Crippen LogP contribution in [0.15, 0.2) is 6.07 Å². The summed E-state index contributed by atoms with van der Waals surface area (Å²) in [5.74, 6) is -0.618. The number of pyridine rings is 1. The largest absolute Gasteiger partial charge is 0.397 e. The number of anilines is 1. The van der Waals surface area contributed by atoms with Gasteiger partial charge in [-0.15, -0.1) is 0 Å². The van der Waals surface area contributed by atoms with E-state index < -0.39 is 5.82 Å². The molecule has 47 valence electrons. The number of nitrogen functional groups attached to an aromatic ring is 1. The molecular formula is C5H3ClFN2. The lowest BCUT2D eigenvalue weighted by molar-refractivity contribution is 0.622. The number of rotatable bonds is 0. The fourth-order valence-corrected chi connectivity index (χ4v) is 0.492. The first-order chi connectivity index (χ1) is 4.20. The Morgan fingerprint density at radius 3 is 2.89 bits per heavy atom. The molecule has 0 spiro atoms. The lowest BCUT2D eigenvalue weighted by atomic mass is 10.4. The molecule has 0 aliphatic rings. The van der Waals surface area contributed by atoms with Gasteiger partial charge in [-0.25, -0.2) is 9.37 Å². The molecule has 0 aromatic carbocycles. The van der Waals surface area contributed by atoms with Crippen molar-refractivity contribution < 1.29 is 4.39 Å². The van der Waals surface area contributed by atoms with Crippen LogP contribution < -0.4 is 5.73 Å². The molecule has 2 N–H and O–H groups in total. The molecule has 0 fully saturated rings. The summed E-state index contributed by atoms with van der Waals surface area (Å²) in [6.45, 7) is 0. The minimum absolute atomic E-state index is 0.150. The zero-order valence-corrected chi connectivity index (χ0v) is 5.11. The molecule has 0 atom stereocenters. The van der Waals surface area contributed by atoms with Crippen LogP contribution in [0, 0.1) is 12.0 Å². The van der Waals surface area contributed by atoms with Gasteiger partial charge in [-0.3, -0.25) is 0 Å². The summed E-state index contributed by atoms with van der Waals surface area (Å²) in [4.78, 5) is 3.32. The summed E-state index contributed by atoms with van der Waals surface area (Å²) in [5, 5.41) is -0.204. The summed E-state index contributed by atoms with van der Waals surface area (Å²) < 4.78 is 12.3. The fraction of sp³-hybridized carbons (Fsp3) is 0. The van der Waals surface area contributed by atoms with Gasteiger partial charge in [-0.2, -0.15) is 0 Å². The highest BCUT2D eigenvalue weighted by molar-refractivity contribution is 6.29. The van der Waals surface area contributed by atoms with E-state index in [1.54, 1.807) is 0 Å². The maximum Gasteiger partial charge on any atom is 0.165 e. The topological polar surface area (TPSA) is 38.9 Å². The molecule has 0 aliphatic carbocycles. The molecule has 0 bridgehead atoms. The minimum Gasteiger partial charge on any atom is -0.397 e. The van der Waals surface area contributed by atoms with Crippen LogP contribution >= 0.6 is 11.6 Å². The molecule has 1 radical (unpaired) electrons. The highest BCUT2D eigenvalue weighted by atomic mass is 35.5. The Morgan fingerprint density at radius 2 is 2.44 bits per heavy atom. The number of nitrogens with two attached hydrogens (primary N) is 1. The predicted molar refractivity (Wildman–Crippen MR) is 32.5 cm³/mol.